The number of hydrogen-bond acceptors (Lipinski definition) is 9. The van der Waals surface area contributed by atoms with Gasteiger partial charge >= 0.3 is 12.2 Å². The van der Waals surface area contributed by atoms with Gasteiger partial charge in [0.25, 0.3) is 5.92 Å². The molecule has 360 valence electrons. The summed E-state index contributed by atoms with van der Waals surface area (Å²) in [5.74, 6) is -2.23. The van der Waals surface area contributed by atoms with Crippen LogP contribution in [0.4, 0.5) is 29.7 Å². The van der Waals surface area contributed by atoms with Crippen molar-refractivity contribution in [1.82, 2.24) is 19.6 Å². The van der Waals surface area contributed by atoms with Gasteiger partial charge in [-0.2, -0.15) is 0 Å². The number of halogens is 4. The highest BCUT2D eigenvalue weighted by Gasteiger charge is 2.44. The van der Waals surface area contributed by atoms with Gasteiger partial charge in [0.2, 0.25) is 0 Å². The third kappa shape index (κ3) is 13.0. The summed E-state index contributed by atoms with van der Waals surface area (Å²) in [5, 5.41) is 1.41. The number of Topliss-reactive ketones (excluding diaryl/α,β-unsaturated/α-hetero) is 1. The van der Waals surface area contributed by atoms with E-state index in [4.69, 9.17) is 32.7 Å². The standard InChI is InChI=1S/C25H36ClF2N3O2.C25H36ClN3O3/c1-23(2,3)33-22(32)31-13-8-24(9-14-31)7-12-29(18-24)17-19-5-4-6-20(26)21(19)30-15-10-25(27,28)11-16-30;1-24(2,3)32-23(31)29-15-10-25(11-16-29)9-14-27(18-25)17-19-5-4-6-21(26)22(19)28-12-7-20(30)8-13-28/h4-6H,7-18H2,1-3H3;4-6H,7-18H2,1-3H3. The largest absolute Gasteiger partial charge is 0.444 e. The van der Waals surface area contributed by atoms with Crippen molar-refractivity contribution in [2.24, 2.45) is 10.8 Å². The second-order valence-corrected chi connectivity index (χ2v) is 22.5. The smallest absolute Gasteiger partial charge is 0.410 e. The molecule has 6 fully saturated rings. The zero-order valence-corrected chi connectivity index (χ0v) is 41.2. The Kier molecular flexibility index (Phi) is 15.3. The highest BCUT2D eigenvalue weighted by molar-refractivity contribution is 6.33. The maximum absolute atomic E-state index is 13.7. The number of nitrogens with zero attached hydrogens (tertiary/aromatic N) is 6. The van der Waals surface area contributed by atoms with Crippen LogP contribution >= 0.6 is 23.2 Å². The monoisotopic (exact) mass is 944 g/mol. The van der Waals surface area contributed by atoms with Crippen molar-refractivity contribution in [1.29, 1.82) is 0 Å². The molecule has 65 heavy (non-hydrogen) atoms. The van der Waals surface area contributed by atoms with Crippen molar-refractivity contribution < 1.29 is 32.6 Å². The fraction of sp³-hybridized carbons (Fsp3) is 0.700. The lowest BCUT2D eigenvalue weighted by Crippen LogP contribution is -2.46. The Morgan fingerprint density at radius 1 is 0.569 bits per heavy atom. The molecule has 0 N–H and O–H groups in total. The van der Waals surface area contributed by atoms with Crippen molar-refractivity contribution >= 4 is 52.5 Å². The van der Waals surface area contributed by atoms with E-state index >= 15 is 0 Å². The third-order valence-corrected chi connectivity index (χ3v) is 15.0. The summed E-state index contributed by atoms with van der Waals surface area (Å²) in [5.41, 5.74) is 3.95. The highest BCUT2D eigenvalue weighted by Crippen LogP contribution is 2.44. The van der Waals surface area contributed by atoms with Gasteiger partial charge in [-0.15, -0.1) is 0 Å². The number of carbonyl (C=O) groups is 3. The predicted molar refractivity (Wildman–Crippen MR) is 254 cm³/mol. The molecule has 2 aromatic carbocycles. The number of benzene rings is 2. The van der Waals surface area contributed by atoms with Crippen LogP contribution in [0, 0.1) is 10.8 Å². The van der Waals surface area contributed by atoms with Gasteiger partial charge in [-0.25, -0.2) is 18.4 Å². The summed E-state index contributed by atoms with van der Waals surface area (Å²) < 4.78 is 38.5. The van der Waals surface area contributed by atoms with E-state index in [1.807, 2.05) is 80.5 Å². The average Bonchev–Trinajstić information content (AvgIpc) is 3.81. The second-order valence-electron chi connectivity index (χ2n) is 21.7. The number of anilines is 2. The van der Waals surface area contributed by atoms with Crippen LogP contribution in [-0.2, 0) is 27.4 Å². The minimum absolute atomic E-state index is 0.126. The lowest BCUT2D eigenvalue weighted by atomic mass is 9.78. The van der Waals surface area contributed by atoms with Crippen molar-refractivity contribution in [2.45, 2.75) is 136 Å². The van der Waals surface area contributed by atoms with Crippen molar-refractivity contribution in [2.75, 3.05) is 88.3 Å². The Morgan fingerprint density at radius 2 is 0.938 bits per heavy atom. The fourth-order valence-corrected chi connectivity index (χ4v) is 11.4. The van der Waals surface area contributed by atoms with Crippen LogP contribution in [0.25, 0.3) is 0 Å². The molecule has 6 heterocycles. The Labute approximate surface area is 396 Å². The van der Waals surface area contributed by atoms with Crippen LogP contribution in [0.3, 0.4) is 0 Å². The number of ketones is 1. The molecule has 2 amide bonds. The zero-order chi connectivity index (χ0) is 46.8. The van der Waals surface area contributed by atoms with Crippen molar-refractivity contribution in [3.8, 4) is 0 Å². The summed E-state index contributed by atoms with van der Waals surface area (Å²) >= 11 is 13.2. The zero-order valence-electron chi connectivity index (χ0n) is 39.7. The molecule has 6 aliphatic heterocycles. The van der Waals surface area contributed by atoms with Crippen LogP contribution in [0.1, 0.15) is 117 Å². The SMILES string of the molecule is CC(C)(C)OC(=O)N1CCC2(CCN(Cc3cccc(Cl)c3N3CCC(=O)CC3)C2)CC1.CC(C)(C)OC(=O)N1CCC2(CCN(Cc3cccc(Cl)c3N3CCC(F)(F)CC3)C2)CC1. The van der Waals surface area contributed by atoms with E-state index in [-0.39, 0.29) is 35.9 Å². The van der Waals surface area contributed by atoms with Crippen LogP contribution in [-0.4, -0.2) is 133 Å². The molecule has 0 radical (unpaired) electrons. The molecule has 0 atom stereocenters. The van der Waals surface area contributed by atoms with Crippen LogP contribution < -0.4 is 9.80 Å². The van der Waals surface area contributed by atoms with Crippen LogP contribution in [0.5, 0.6) is 0 Å². The molecule has 0 bridgehead atoms. The van der Waals surface area contributed by atoms with Gasteiger partial charge in [0.05, 0.1) is 21.4 Å². The number of amides is 2. The first-order valence-corrected chi connectivity index (χ1v) is 24.7. The van der Waals surface area contributed by atoms with Crippen LogP contribution in [0.2, 0.25) is 10.0 Å². The molecular formula is C50H72Cl2F2N6O5. The summed E-state index contributed by atoms with van der Waals surface area (Å²) in [7, 11) is 0. The van der Waals surface area contributed by atoms with Gasteiger partial charge < -0.3 is 29.1 Å². The van der Waals surface area contributed by atoms with E-state index in [0.717, 1.165) is 133 Å². The van der Waals surface area contributed by atoms with E-state index in [0.29, 0.717) is 36.7 Å². The maximum Gasteiger partial charge on any atom is 0.410 e. The van der Waals surface area contributed by atoms with Crippen LogP contribution in [0.15, 0.2) is 36.4 Å². The number of hydrogen-bond donors (Lipinski definition) is 0. The lowest BCUT2D eigenvalue weighted by Gasteiger charge is -2.40. The lowest BCUT2D eigenvalue weighted by molar-refractivity contribution is -0.119. The van der Waals surface area contributed by atoms with Gasteiger partial charge in [0, 0.05) is 104 Å². The molecule has 8 rings (SSSR count). The molecule has 15 heteroatoms. The molecule has 0 unspecified atom stereocenters. The van der Waals surface area contributed by atoms with E-state index in [2.05, 4.69) is 26.8 Å². The minimum atomic E-state index is -2.58. The maximum atomic E-state index is 13.7. The van der Waals surface area contributed by atoms with E-state index < -0.39 is 17.1 Å². The normalized spacial score (nSPS) is 22.6. The third-order valence-electron chi connectivity index (χ3n) is 14.4. The number of rotatable bonds is 6. The molecule has 2 spiro atoms. The number of carbonyl (C=O) groups excluding carboxylic acids is 3. The molecule has 0 aliphatic carbocycles. The molecule has 0 aromatic heterocycles. The number of para-hydroxylation sites is 2. The Hall–Kier alpha value is -3.39. The van der Waals surface area contributed by atoms with E-state index in [9.17, 15) is 23.2 Å². The number of likely N-dealkylation sites (tertiary alicyclic amines) is 4. The van der Waals surface area contributed by atoms with Crippen molar-refractivity contribution in [3.63, 3.8) is 0 Å². The highest BCUT2D eigenvalue weighted by atomic mass is 35.5. The number of ether oxygens (including phenoxy) is 2. The summed E-state index contributed by atoms with van der Waals surface area (Å²) in [6, 6.07) is 12.0. The van der Waals surface area contributed by atoms with Gasteiger partial charge in [-0.05, 0) is 127 Å². The molecule has 6 aliphatic rings. The molecule has 0 saturated carbocycles. The average molecular weight is 946 g/mol. The molecule has 2 aromatic rings. The van der Waals surface area contributed by atoms with Gasteiger partial charge in [0.15, 0.2) is 0 Å². The topological polar surface area (TPSA) is 89.1 Å². The number of alkyl halides is 2. The Balaban J connectivity index is 0.000000194. The van der Waals surface area contributed by atoms with E-state index in [1.54, 1.807) is 0 Å². The summed E-state index contributed by atoms with van der Waals surface area (Å²) in [6.45, 7) is 22.3. The predicted octanol–water partition coefficient (Wildman–Crippen LogP) is 10.5. The molecule has 11 nitrogen and oxygen atoms in total. The quantitative estimate of drug-likeness (QED) is 0.281. The Morgan fingerprint density at radius 3 is 1.32 bits per heavy atom. The van der Waals surface area contributed by atoms with Gasteiger partial charge in [-0.3, -0.25) is 14.6 Å². The van der Waals surface area contributed by atoms with Crippen molar-refractivity contribution in [3.05, 3.63) is 57.6 Å². The van der Waals surface area contributed by atoms with E-state index in [1.165, 1.54) is 12.0 Å². The molecular weight excluding hydrogens is 873 g/mol. The first-order chi connectivity index (χ1) is 30.6. The minimum Gasteiger partial charge on any atom is -0.444 e. The number of piperidine rings is 4. The first kappa shape index (κ1) is 49.5. The van der Waals surface area contributed by atoms with Gasteiger partial charge in [0.1, 0.15) is 17.0 Å². The first-order valence-electron chi connectivity index (χ1n) is 23.9. The summed E-state index contributed by atoms with van der Waals surface area (Å²) in [4.78, 5) is 49.5. The molecule has 6 saturated heterocycles. The summed E-state index contributed by atoms with van der Waals surface area (Å²) in [6.07, 6.45) is 6.84. The fourth-order valence-electron chi connectivity index (χ4n) is 10.7. The Bertz CT molecular complexity index is 1990. The van der Waals surface area contributed by atoms with Gasteiger partial charge in [-0.1, -0.05) is 47.5 Å². The second kappa shape index (κ2) is 20.1.